The lowest BCUT2D eigenvalue weighted by atomic mass is 10.2. The van der Waals surface area contributed by atoms with Gasteiger partial charge in [-0.2, -0.15) is 0 Å². The number of imidazole rings is 1. The van der Waals surface area contributed by atoms with Crippen LogP contribution in [0.3, 0.4) is 0 Å². The summed E-state index contributed by atoms with van der Waals surface area (Å²) in [4.78, 5) is 35.5. The SMILES string of the molecule is CC(NC(=O)[C@@H]1C[C@H]1c1nc2ccccc2[nH]1)c1ccc(C(=O)N2CCC(F)(F)C2)s1. The molecule has 2 amide bonds. The third-order valence-electron chi connectivity index (χ3n) is 5.97. The highest BCUT2D eigenvalue weighted by molar-refractivity contribution is 7.14. The molecule has 1 aliphatic heterocycles. The first-order valence-corrected chi connectivity index (χ1v) is 11.1. The van der Waals surface area contributed by atoms with Crippen molar-refractivity contribution >= 4 is 34.2 Å². The van der Waals surface area contributed by atoms with E-state index in [2.05, 4.69) is 15.3 Å². The summed E-state index contributed by atoms with van der Waals surface area (Å²) in [6, 6.07) is 10.9. The highest BCUT2D eigenvalue weighted by Crippen LogP contribution is 2.47. The van der Waals surface area contributed by atoms with E-state index in [0.717, 1.165) is 28.2 Å². The summed E-state index contributed by atoms with van der Waals surface area (Å²) in [5.74, 6) is -2.44. The molecule has 2 aromatic heterocycles. The van der Waals surface area contributed by atoms with E-state index in [0.29, 0.717) is 4.88 Å². The molecule has 0 radical (unpaired) electrons. The molecular weight excluding hydrogens is 422 g/mol. The number of hydrogen-bond acceptors (Lipinski definition) is 4. The molecule has 0 spiro atoms. The van der Waals surface area contributed by atoms with E-state index in [1.165, 1.54) is 16.2 Å². The Kier molecular flexibility index (Phi) is 4.80. The van der Waals surface area contributed by atoms with Gasteiger partial charge in [-0.25, -0.2) is 13.8 Å². The van der Waals surface area contributed by atoms with Gasteiger partial charge in [0.25, 0.3) is 11.8 Å². The zero-order valence-corrected chi connectivity index (χ0v) is 17.7. The summed E-state index contributed by atoms with van der Waals surface area (Å²) in [6.07, 6.45) is 0.451. The average molecular weight is 445 g/mol. The topological polar surface area (TPSA) is 78.1 Å². The highest BCUT2D eigenvalue weighted by Gasteiger charge is 2.46. The van der Waals surface area contributed by atoms with Crippen molar-refractivity contribution in [1.29, 1.82) is 0 Å². The van der Waals surface area contributed by atoms with Gasteiger partial charge >= 0.3 is 0 Å². The van der Waals surface area contributed by atoms with Gasteiger partial charge < -0.3 is 15.2 Å². The molecule has 2 fully saturated rings. The number of aromatic nitrogens is 2. The van der Waals surface area contributed by atoms with E-state index in [4.69, 9.17) is 0 Å². The maximum Gasteiger partial charge on any atom is 0.267 e. The number of nitrogens with one attached hydrogen (secondary N) is 2. The number of hydrogen-bond donors (Lipinski definition) is 2. The van der Waals surface area contributed by atoms with Crippen LogP contribution in [-0.2, 0) is 4.79 Å². The fourth-order valence-corrected chi connectivity index (χ4v) is 5.07. The summed E-state index contributed by atoms with van der Waals surface area (Å²) < 4.78 is 26.8. The fraction of sp³-hybridized carbons (Fsp3) is 0.409. The monoisotopic (exact) mass is 444 g/mol. The Morgan fingerprint density at radius 2 is 2.10 bits per heavy atom. The van der Waals surface area contributed by atoms with Gasteiger partial charge in [0, 0.05) is 29.7 Å². The minimum atomic E-state index is -2.81. The van der Waals surface area contributed by atoms with E-state index < -0.39 is 12.5 Å². The van der Waals surface area contributed by atoms with Crippen molar-refractivity contribution in [3.8, 4) is 0 Å². The normalized spacial score (nSPS) is 23.1. The Morgan fingerprint density at radius 3 is 2.84 bits per heavy atom. The molecule has 2 aliphatic rings. The molecule has 1 aliphatic carbocycles. The average Bonchev–Trinajstić information content (AvgIpc) is 3.07. The molecule has 0 bridgehead atoms. The number of thiophene rings is 1. The molecule has 2 N–H and O–H groups in total. The summed E-state index contributed by atoms with van der Waals surface area (Å²) in [7, 11) is 0. The van der Waals surface area contributed by atoms with Crippen LogP contribution in [0.25, 0.3) is 11.0 Å². The van der Waals surface area contributed by atoms with Crippen LogP contribution in [0.2, 0.25) is 0 Å². The number of benzene rings is 1. The first-order valence-electron chi connectivity index (χ1n) is 10.3. The van der Waals surface area contributed by atoms with Crippen LogP contribution in [-0.4, -0.2) is 45.7 Å². The molecule has 31 heavy (non-hydrogen) atoms. The van der Waals surface area contributed by atoms with Crippen LogP contribution in [0.15, 0.2) is 36.4 Å². The summed E-state index contributed by atoms with van der Waals surface area (Å²) in [5, 5.41) is 3.01. The van der Waals surface area contributed by atoms with E-state index in [-0.39, 0.29) is 42.7 Å². The second-order valence-electron chi connectivity index (χ2n) is 8.35. The first kappa shape index (κ1) is 20.1. The quantitative estimate of drug-likeness (QED) is 0.622. The molecular formula is C22H22F2N4O2S. The predicted molar refractivity (Wildman–Crippen MR) is 113 cm³/mol. The number of para-hydroxylation sites is 2. The van der Waals surface area contributed by atoms with Crippen LogP contribution in [0.4, 0.5) is 8.78 Å². The Balaban J connectivity index is 1.19. The number of halogens is 2. The van der Waals surface area contributed by atoms with Crippen molar-refractivity contribution < 1.29 is 18.4 Å². The number of aromatic amines is 1. The summed E-state index contributed by atoms with van der Waals surface area (Å²) in [5.41, 5.74) is 1.85. The third-order valence-corrected chi connectivity index (χ3v) is 7.22. The fourth-order valence-electron chi connectivity index (χ4n) is 4.09. The minimum Gasteiger partial charge on any atom is -0.349 e. The Morgan fingerprint density at radius 1 is 1.29 bits per heavy atom. The maximum absolute atomic E-state index is 13.4. The minimum absolute atomic E-state index is 0.0431. The molecule has 162 valence electrons. The van der Waals surface area contributed by atoms with Crippen molar-refractivity contribution in [2.24, 2.45) is 5.92 Å². The molecule has 3 aromatic rings. The number of H-pyrrole nitrogens is 1. The lowest BCUT2D eigenvalue weighted by Gasteiger charge is -2.15. The van der Waals surface area contributed by atoms with Crippen molar-refractivity contribution in [1.82, 2.24) is 20.2 Å². The molecule has 1 saturated heterocycles. The van der Waals surface area contributed by atoms with E-state index in [1.54, 1.807) is 12.1 Å². The molecule has 5 rings (SSSR count). The zero-order valence-electron chi connectivity index (χ0n) is 16.9. The standard InChI is InChI=1S/C22H22F2N4O2S/c1-12(17-6-7-18(31-17)21(30)28-9-8-22(23,24)11-28)25-20(29)14-10-13(14)19-26-15-4-2-3-5-16(15)27-19/h2-7,12-14H,8-11H2,1H3,(H,25,29)(H,26,27)/t12?,13-,14-/m1/s1. The van der Waals surface area contributed by atoms with E-state index in [9.17, 15) is 18.4 Å². The lowest BCUT2D eigenvalue weighted by Crippen LogP contribution is -2.30. The molecule has 1 saturated carbocycles. The van der Waals surface area contributed by atoms with Gasteiger partial charge in [0.15, 0.2) is 0 Å². The van der Waals surface area contributed by atoms with Crippen LogP contribution >= 0.6 is 11.3 Å². The van der Waals surface area contributed by atoms with Crippen molar-refractivity contribution in [2.75, 3.05) is 13.1 Å². The number of carbonyl (C=O) groups excluding carboxylic acids is 2. The molecule has 1 unspecified atom stereocenters. The van der Waals surface area contributed by atoms with Crippen LogP contribution in [0, 0.1) is 5.92 Å². The Bertz CT molecular complexity index is 1120. The number of rotatable bonds is 5. The highest BCUT2D eigenvalue weighted by atomic mass is 32.1. The lowest BCUT2D eigenvalue weighted by molar-refractivity contribution is -0.123. The third kappa shape index (κ3) is 3.94. The smallest absolute Gasteiger partial charge is 0.267 e. The second kappa shape index (κ2) is 7.40. The van der Waals surface area contributed by atoms with Crippen molar-refractivity contribution in [3.63, 3.8) is 0 Å². The van der Waals surface area contributed by atoms with Gasteiger partial charge in [0.1, 0.15) is 5.82 Å². The van der Waals surface area contributed by atoms with E-state index in [1.807, 2.05) is 31.2 Å². The number of carbonyl (C=O) groups is 2. The van der Waals surface area contributed by atoms with Crippen molar-refractivity contribution in [2.45, 2.75) is 37.6 Å². The first-order chi connectivity index (χ1) is 14.8. The molecule has 1 aromatic carbocycles. The number of nitrogens with zero attached hydrogens (tertiary/aromatic N) is 2. The van der Waals surface area contributed by atoms with Gasteiger partial charge in [-0.05, 0) is 37.6 Å². The number of likely N-dealkylation sites (tertiary alicyclic amines) is 1. The van der Waals surface area contributed by atoms with Gasteiger partial charge in [0.2, 0.25) is 5.91 Å². The van der Waals surface area contributed by atoms with Crippen molar-refractivity contribution in [3.05, 3.63) is 52.0 Å². The maximum atomic E-state index is 13.4. The van der Waals surface area contributed by atoms with Gasteiger partial charge in [-0.3, -0.25) is 9.59 Å². The number of fused-ring (bicyclic) bond motifs is 1. The van der Waals surface area contributed by atoms with E-state index >= 15 is 0 Å². The zero-order chi connectivity index (χ0) is 21.8. The largest absolute Gasteiger partial charge is 0.349 e. The van der Waals surface area contributed by atoms with Crippen LogP contribution in [0.1, 0.15) is 52.1 Å². The van der Waals surface area contributed by atoms with Crippen LogP contribution < -0.4 is 5.32 Å². The van der Waals surface area contributed by atoms with Gasteiger partial charge in [-0.1, -0.05) is 12.1 Å². The summed E-state index contributed by atoms with van der Waals surface area (Å²) in [6.45, 7) is 1.40. The molecule has 3 heterocycles. The molecule has 3 atom stereocenters. The summed E-state index contributed by atoms with van der Waals surface area (Å²) >= 11 is 1.24. The predicted octanol–water partition coefficient (Wildman–Crippen LogP) is 4.09. The Labute approximate surface area is 181 Å². The van der Waals surface area contributed by atoms with Crippen LogP contribution in [0.5, 0.6) is 0 Å². The molecule has 9 heteroatoms. The van der Waals surface area contributed by atoms with Gasteiger partial charge in [0.05, 0.1) is 28.5 Å². The Hall–Kier alpha value is -2.81. The second-order valence-corrected chi connectivity index (χ2v) is 9.47. The molecule has 6 nitrogen and oxygen atoms in total. The number of alkyl halides is 2. The number of amides is 2. The van der Waals surface area contributed by atoms with Gasteiger partial charge in [-0.15, -0.1) is 11.3 Å².